The van der Waals surface area contributed by atoms with E-state index in [2.05, 4.69) is 9.72 Å². The number of para-hydroxylation sites is 1. The lowest BCUT2D eigenvalue weighted by Gasteiger charge is -2.10. The van der Waals surface area contributed by atoms with Crippen LogP contribution in [0.2, 0.25) is 0 Å². The van der Waals surface area contributed by atoms with E-state index >= 15 is 0 Å². The van der Waals surface area contributed by atoms with Crippen LogP contribution in [0, 0.1) is 0 Å². The lowest BCUT2D eigenvalue weighted by atomic mass is 9.97. The number of pyridine rings is 1. The Labute approximate surface area is 148 Å². The smallest absolute Gasteiger partial charge is 0.337 e. The first-order valence-electron chi connectivity index (χ1n) is 7.90. The summed E-state index contributed by atoms with van der Waals surface area (Å²) in [4.78, 5) is 41.6. The molecule has 4 rings (SSSR count). The fourth-order valence-electron chi connectivity index (χ4n) is 3.22. The number of fused-ring (bicyclic) bond motifs is 2. The van der Waals surface area contributed by atoms with Crippen molar-refractivity contribution in [2.24, 2.45) is 0 Å². The monoisotopic (exact) mass is 347 g/mol. The van der Waals surface area contributed by atoms with Gasteiger partial charge in [-0.1, -0.05) is 18.2 Å². The molecule has 0 radical (unpaired) electrons. The summed E-state index contributed by atoms with van der Waals surface area (Å²) < 4.78 is 4.65. The Morgan fingerprint density at radius 2 is 1.77 bits per heavy atom. The van der Waals surface area contributed by atoms with Gasteiger partial charge in [-0.25, -0.2) is 9.78 Å². The van der Waals surface area contributed by atoms with E-state index in [4.69, 9.17) is 0 Å². The zero-order chi connectivity index (χ0) is 18.4. The van der Waals surface area contributed by atoms with E-state index in [0.717, 1.165) is 0 Å². The van der Waals surface area contributed by atoms with Crippen molar-refractivity contribution in [3.05, 3.63) is 70.9 Å². The van der Waals surface area contributed by atoms with E-state index in [1.807, 2.05) is 0 Å². The quantitative estimate of drug-likeness (QED) is 0.566. The van der Waals surface area contributed by atoms with Gasteiger partial charge in [0.15, 0.2) is 11.6 Å². The van der Waals surface area contributed by atoms with Gasteiger partial charge < -0.3 is 9.84 Å². The van der Waals surface area contributed by atoms with Gasteiger partial charge in [0.2, 0.25) is 0 Å². The van der Waals surface area contributed by atoms with Crippen LogP contribution in [0.5, 0.6) is 5.75 Å². The van der Waals surface area contributed by atoms with Crippen molar-refractivity contribution >= 4 is 28.4 Å². The predicted octanol–water partition coefficient (Wildman–Crippen LogP) is 2.89. The van der Waals surface area contributed by atoms with Gasteiger partial charge in [0.25, 0.3) is 0 Å². The molecule has 1 aliphatic carbocycles. The Hall–Kier alpha value is -3.54. The normalized spacial score (nSPS) is 16.0. The highest BCUT2D eigenvalue weighted by Gasteiger charge is 2.42. The number of nitrogens with zero attached hydrogens (tertiary/aromatic N) is 1. The molecule has 26 heavy (non-hydrogen) atoms. The summed E-state index contributed by atoms with van der Waals surface area (Å²) in [6.07, 6.45) is 0. The van der Waals surface area contributed by atoms with Crippen LogP contribution in [0.25, 0.3) is 10.9 Å². The Morgan fingerprint density at radius 1 is 1.04 bits per heavy atom. The van der Waals surface area contributed by atoms with E-state index in [1.165, 1.54) is 31.4 Å². The van der Waals surface area contributed by atoms with Crippen molar-refractivity contribution in [3.8, 4) is 5.75 Å². The average Bonchev–Trinajstić information content (AvgIpc) is 2.90. The largest absolute Gasteiger partial charge is 0.506 e. The summed E-state index contributed by atoms with van der Waals surface area (Å²) in [5.41, 5.74) is 1.13. The molecule has 128 valence electrons. The molecular weight excluding hydrogens is 334 g/mol. The van der Waals surface area contributed by atoms with Crippen LogP contribution in [0.15, 0.2) is 48.5 Å². The van der Waals surface area contributed by atoms with Crippen LogP contribution in [0.4, 0.5) is 0 Å². The molecule has 0 spiro atoms. The van der Waals surface area contributed by atoms with Crippen molar-refractivity contribution < 1.29 is 24.2 Å². The van der Waals surface area contributed by atoms with Crippen LogP contribution >= 0.6 is 0 Å². The third kappa shape index (κ3) is 2.27. The Morgan fingerprint density at radius 3 is 2.54 bits per heavy atom. The minimum absolute atomic E-state index is 0.0227. The Kier molecular flexibility index (Phi) is 3.54. The second kappa shape index (κ2) is 5.77. The number of ether oxygens (including phenoxy) is 1. The van der Waals surface area contributed by atoms with Gasteiger partial charge in [-0.15, -0.1) is 0 Å². The van der Waals surface area contributed by atoms with Crippen LogP contribution in [0.3, 0.4) is 0 Å². The molecule has 1 aromatic heterocycles. The molecule has 3 aromatic rings. The molecule has 2 aromatic carbocycles. The SMILES string of the molecule is COC(=O)c1ccc2c(c1)C(=O)[C@@H](c1nc3ccccc3cc1O)C2=O. The summed E-state index contributed by atoms with van der Waals surface area (Å²) in [7, 11) is 1.24. The summed E-state index contributed by atoms with van der Waals surface area (Å²) in [6, 6.07) is 12.8. The number of hydrogen-bond donors (Lipinski definition) is 1. The highest BCUT2D eigenvalue weighted by molar-refractivity contribution is 6.30. The number of ketones is 2. The maximum absolute atomic E-state index is 12.8. The number of benzene rings is 2. The third-order valence-corrected chi connectivity index (χ3v) is 4.50. The number of aromatic hydroxyl groups is 1. The number of carbonyl (C=O) groups excluding carboxylic acids is 3. The van der Waals surface area contributed by atoms with Crippen LogP contribution in [-0.4, -0.2) is 34.7 Å². The number of rotatable bonds is 2. The van der Waals surface area contributed by atoms with E-state index in [1.54, 1.807) is 24.3 Å². The predicted molar refractivity (Wildman–Crippen MR) is 92.6 cm³/mol. The zero-order valence-corrected chi connectivity index (χ0v) is 13.7. The second-order valence-corrected chi connectivity index (χ2v) is 6.00. The molecule has 6 heteroatoms. The molecule has 0 fully saturated rings. The van der Waals surface area contributed by atoms with Gasteiger partial charge in [-0.2, -0.15) is 0 Å². The topological polar surface area (TPSA) is 93.6 Å². The summed E-state index contributed by atoms with van der Waals surface area (Å²) in [5.74, 6) is -2.96. The van der Waals surface area contributed by atoms with Crippen LogP contribution in [0.1, 0.15) is 42.7 Å². The molecule has 0 aliphatic heterocycles. The van der Waals surface area contributed by atoms with Crippen molar-refractivity contribution in [1.29, 1.82) is 0 Å². The lowest BCUT2D eigenvalue weighted by molar-refractivity contribution is 0.0600. The number of methoxy groups -OCH3 is 1. The van der Waals surface area contributed by atoms with E-state index in [-0.39, 0.29) is 28.1 Å². The van der Waals surface area contributed by atoms with Crippen molar-refractivity contribution in [1.82, 2.24) is 4.98 Å². The maximum Gasteiger partial charge on any atom is 0.337 e. The minimum atomic E-state index is -1.22. The molecule has 1 heterocycles. The fraction of sp³-hybridized carbons (Fsp3) is 0.100. The van der Waals surface area contributed by atoms with Crippen LogP contribution < -0.4 is 0 Å². The van der Waals surface area contributed by atoms with Crippen molar-refractivity contribution in [2.45, 2.75) is 5.92 Å². The summed E-state index contributed by atoms with van der Waals surface area (Å²) in [6.45, 7) is 0. The van der Waals surface area contributed by atoms with E-state index in [0.29, 0.717) is 10.9 Å². The van der Waals surface area contributed by atoms with Gasteiger partial charge in [-0.3, -0.25) is 9.59 Å². The molecule has 0 unspecified atom stereocenters. The molecule has 0 saturated heterocycles. The average molecular weight is 347 g/mol. The molecular formula is C20H13NO5. The summed E-state index contributed by atoms with van der Waals surface area (Å²) >= 11 is 0. The van der Waals surface area contributed by atoms with Crippen LogP contribution in [-0.2, 0) is 4.74 Å². The first kappa shape index (κ1) is 16.0. The van der Waals surface area contributed by atoms with Gasteiger partial charge in [0.1, 0.15) is 17.4 Å². The number of hydrogen-bond acceptors (Lipinski definition) is 6. The molecule has 1 aliphatic rings. The first-order chi connectivity index (χ1) is 12.5. The minimum Gasteiger partial charge on any atom is -0.506 e. The summed E-state index contributed by atoms with van der Waals surface area (Å²) in [5, 5.41) is 11.0. The Bertz CT molecular complexity index is 1100. The highest BCUT2D eigenvalue weighted by Crippen LogP contribution is 2.38. The number of carbonyl (C=O) groups is 3. The first-order valence-corrected chi connectivity index (χ1v) is 7.90. The highest BCUT2D eigenvalue weighted by atomic mass is 16.5. The fourth-order valence-corrected chi connectivity index (χ4v) is 3.22. The molecule has 0 saturated carbocycles. The second-order valence-electron chi connectivity index (χ2n) is 6.00. The number of Topliss-reactive ketones (excluding diaryl/α,β-unsaturated/α-hetero) is 2. The number of aromatic nitrogens is 1. The standard InChI is InChI=1S/C20H13NO5/c1-26-20(25)11-6-7-12-13(8-11)19(24)16(18(12)23)17-15(22)9-10-4-2-3-5-14(10)21-17/h2-9,16,22H,1H3/t16-/m0/s1. The number of esters is 1. The van der Waals surface area contributed by atoms with Gasteiger partial charge in [0, 0.05) is 16.5 Å². The maximum atomic E-state index is 12.8. The zero-order valence-electron chi connectivity index (χ0n) is 13.7. The molecule has 1 N–H and O–H groups in total. The molecule has 1 atom stereocenters. The lowest BCUT2D eigenvalue weighted by Crippen LogP contribution is -2.14. The third-order valence-electron chi connectivity index (χ3n) is 4.50. The molecule has 0 amide bonds. The van der Waals surface area contributed by atoms with Crippen molar-refractivity contribution in [3.63, 3.8) is 0 Å². The van der Waals surface area contributed by atoms with Gasteiger partial charge >= 0.3 is 5.97 Å². The molecule has 0 bridgehead atoms. The Balaban J connectivity index is 1.84. The molecule has 6 nitrogen and oxygen atoms in total. The van der Waals surface area contributed by atoms with E-state index in [9.17, 15) is 19.5 Å². The van der Waals surface area contributed by atoms with E-state index < -0.39 is 23.5 Å². The van der Waals surface area contributed by atoms with Gasteiger partial charge in [-0.05, 0) is 30.3 Å². The van der Waals surface area contributed by atoms with Gasteiger partial charge in [0.05, 0.1) is 18.2 Å². The van der Waals surface area contributed by atoms with Crippen molar-refractivity contribution in [2.75, 3.05) is 7.11 Å².